The number of carbonyl (C=O) groups excluding carboxylic acids is 4. The number of rotatable bonds is 4. The van der Waals surface area contributed by atoms with Crippen LogP contribution in [0.5, 0.6) is 0 Å². The van der Waals surface area contributed by atoms with Crippen molar-refractivity contribution in [3.05, 3.63) is 0 Å². The van der Waals surface area contributed by atoms with Gasteiger partial charge in [0.15, 0.2) is 0 Å². The minimum absolute atomic E-state index is 0.0719. The molecule has 0 aromatic heterocycles. The number of esters is 1. The Labute approximate surface area is 122 Å². The second-order valence-corrected chi connectivity index (χ2v) is 5.07. The van der Waals surface area contributed by atoms with Crippen molar-refractivity contribution in [3.8, 4) is 0 Å². The summed E-state index contributed by atoms with van der Waals surface area (Å²) in [6, 6.07) is -0.549. The summed E-state index contributed by atoms with van der Waals surface area (Å²) in [7, 11) is 0. The van der Waals surface area contributed by atoms with E-state index >= 15 is 0 Å². The van der Waals surface area contributed by atoms with Crippen molar-refractivity contribution >= 4 is 23.8 Å². The van der Waals surface area contributed by atoms with Crippen LogP contribution in [-0.4, -0.2) is 66.4 Å². The van der Waals surface area contributed by atoms with Crippen molar-refractivity contribution < 1.29 is 23.9 Å². The molecule has 0 aromatic rings. The quantitative estimate of drug-likeness (QED) is 0.549. The summed E-state index contributed by atoms with van der Waals surface area (Å²) in [6.45, 7) is 2.50. The van der Waals surface area contributed by atoms with Gasteiger partial charge in [-0.2, -0.15) is 0 Å². The third-order valence-corrected chi connectivity index (χ3v) is 3.62. The number of hydrogen-bond donors (Lipinski definition) is 1. The molecule has 0 bridgehead atoms. The van der Waals surface area contributed by atoms with Gasteiger partial charge in [0.25, 0.3) is 5.91 Å². The van der Waals surface area contributed by atoms with Crippen molar-refractivity contribution in [2.45, 2.75) is 19.8 Å². The first-order valence-corrected chi connectivity index (χ1v) is 7.05. The Morgan fingerprint density at radius 1 is 1.38 bits per heavy atom. The number of nitrogens with zero attached hydrogens (tertiary/aromatic N) is 2. The summed E-state index contributed by atoms with van der Waals surface area (Å²) in [5.74, 6) is -1.36. The molecule has 0 aliphatic carbocycles. The summed E-state index contributed by atoms with van der Waals surface area (Å²) >= 11 is 0. The molecule has 8 nitrogen and oxygen atoms in total. The van der Waals surface area contributed by atoms with E-state index in [1.807, 2.05) is 0 Å². The van der Waals surface area contributed by atoms with Crippen LogP contribution < -0.4 is 5.32 Å². The molecule has 0 saturated carbocycles. The van der Waals surface area contributed by atoms with E-state index in [9.17, 15) is 19.2 Å². The Balaban J connectivity index is 1.91. The number of piperidine rings is 1. The SMILES string of the molecule is CCOC(=O)[C@@H]1CCCN(C(=O)CN2C(=O)CNC2=O)C1. The molecule has 4 amide bonds. The summed E-state index contributed by atoms with van der Waals surface area (Å²) in [6.07, 6.45) is 1.39. The van der Waals surface area contributed by atoms with Gasteiger partial charge >= 0.3 is 12.0 Å². The van der Waals surface area contributed by atoms with Gasteiger partial charge in [-0.25, -0.2) is 4.79 Å². The molecule has 2 heterocycles. The van der Waals surface area contributed by atoms with Crippen molar-refractivity contribution in [1.29, 1.82) is 0 Å². The monoisotopic (exact) mass is 297 g/mol. The van der Waals surface area contributed by atoms with Crippen LogP contribution in [0.1, 0.15) is 19.8 Å². The summed E-state index contributed by atoms with van der Waals surface area (Å²) in [4.78, 5) is 49.2. The van der Waals surface area contributed by atoms with Crippen LogP contribution in [0.4, 0.5) is 4.79 Å². The van der Waals surface area contributed by atoms with E-state index in [1.165, 1.54) is 4.90 Å². The average Bonchev–Trinajstić information content (AvgIpc) is 2.79. The number of ether oxygens (including phenoxy) is 1. The average molecular weight is 297 g/mol. The van der Waals surface area contributed by atoms with Crippen LogP contribution in [0.15, 0.2) is 0 Å². The fourth-order valence-corrected chi connectivity index (χ4v) is 2.51. The lowest BCUT2D eigenvalue weighted by molar-refractivity contribution is -0.151. The highest BCUT2D eigenvalue weighted by molar-refractivity contribution is 6.04. The number of amides is 4. The lowest BCUT2D eigenvalue weighted by Crippen LogP contribution is -2.48. The zero-order valence-corrected chi connectivity index (χ0v) is 12.0. The molecule has 2 rings (SSSR count). The van der Waals surface area contributed by atoms with Crippen LogP contribution in [0, 0.1) is 5.92 Å². The molecule has 2 saturated heterocycles. The summed E-state index contributed by atoms with van der Waals surface area (Å²) < 4.78 is 4.97. The molecule has 2 fully saturated rings. The molecule has 2 aliphatic rings. The number of nitrogens with one attached hydrogen (secondary N) is 1. The minimum atomic E-state index is -0.549. The fourth-order valence-electron chi connectivity index (χ4n) is 2.51. The third kappa shape index (κ3) is 3.50. The van der Waals surface area contributed by atoms with Gasteiger partial charge in [-0.05, 0) is 19.8 Å². The highest BCUT2D eigenvalue weighted by Crippen LogP contribution is 2.18. The Kier molecular flexibility index (Phi) is 4.77. The van der Waals surface area contributed by atoms with Gasteiger partial charge in [-0.3, -0.25) is 19.3 Å². The van der Waals surface area contributed by atoms with Gasteiger partial charge in [0.2, 0.25) is 5.91 Å². The van der Waals surface area contributed by atoms with Crippen LogP contribution in [0.2, 0.25) is 0 Å². The van der Waals surface area contributed by atoms with E-state index in [0.29, 0.717) is 26.0 Å². The molecule has 1 atom stereocenters. The molecule has 0 aromatic carbocycles. The largest absolute Gasteiger partial charge is 0.466 e. The van der Waals surface area contributed by atoms with Gasteiger partial charge in [-0.1, -0.05) is 0 Å². The van der Waals surface area contributed by atoms with Gasteiger partial charge in [0.05, 0.1) is 19.1 Å². The molecule has 1 N–H and O–H groups in total. The topological polar surface area (TPSA) is 96.0 Å². The molecule has 21 heavy (non-hydrogen) atoms. The number of urea groups is 1. The molecular weight excluding hydrogens is 278 g/mol. The second kappa shape index (κ2) is 6.55. The molecule has 2 aliphatic heterocycles. The van der Waals surface area contributed by atoms with E-state index in [-0.39, 0.29) is 37.4 Å². The highest BCUT2D eigenvalue weighted by atomic mass is 16.5. The Bertz CT molecular complexity index is 449. The smallest absolute Gasteiger partial charge is 0.325 e. The highest BCUT2D eigenvalue weighted by Gasteiger charge is 2.34. The van der Waals surface area contributed by atoms with Crippen LogP contribution >= 0.6 is 0 Å². The van der Waals surface area contributed by atoms with Crippen molar-refractivity contribution in [3.63, 3.8) is 0 Å². The normalized spacial score (nSPS) is 22.2. The lowest BCUT2D eigenvalue weighted by atomic mass is 9.98. The first-order valence-electron chi connectivity index (χ1n) is 7.05. The standard InChI is InChI=1S/C13H19N3O5/c1-2-21-12(19)9-4-3-5-15(7-9)11(18)8-16-10(17)6-14-13(16)20/h9H,2-8H2,1H3,(H,14,20)/t9-/m1/s1. The van der Waals surface area contributed by atoms with Gasteiger partial charge in [-0.15, -0.1) is 0 Å². The Morgan fingerprint density at radius 3 is 2.76 bits per heavy atom. The predicted molar refractivity (Wildman–Crippen MR) is 71.0 cm³/mol. The number of carbonyl (C=O) groups is 4. The summed E-state index contributed by atoms with van der Waals surface area (Å²) in [5, 5.41) is 2.36. The molecule has 0 radical (unpaired) electrons. The Hall–Kier alpha value is -2.12. The molecular formula is C13H19N3O5. The zero-order chi connectivity index (χ0) is 15.4. The van der Waals surface area contributed by atoms with Gasteiger partial charge in [0.1, 0.15) is 6.54 Å². The molecule has 8 heteroatoms. The van der Waals surface area contributed by atoms with E-state index in [2.05, 4.69) is 5.32 Å². The van der Waals surface area contributed by atoms with Crippen LogP contribution in [0.3, 0.4) is 0 Å². The van der Waals surface area contributed by atoms with Crippen molar-refractivity contribution in [1.82, 2.24) is 15.1 Å². The number of likely N-dealkylation sites (tertiary alicyclic amines) is 1. The van der Waals surface area contributed by atoms with Gasteiger partial charge < -0.3 is 15.0 Å². The molecule has 0 spiro atoms. The Morgan fingerprint density at radius 2 is 2.14 bits per heavy atom. The minimum Gasteiger partial charge on any atom is -0.466 e. The first kappa shape index (κ1) is 15.3. The van der Waals surface area contributed by atoms with E-state index in [0.717, 1.165) is 4.90 Å². The van der Waals surface area contributed by atoms with Crippen LogP contribution in [0.25, 0.3) is 0 Å². The molecule has 116 valence electrons. The maximum atomic E-state index is 12.2. The van der Waals surface area contributed by atoms with Crippen LogP contribution in [-0.2, 0) is 19.1 Å². The number of hydrogen-bond acceptors (Lipinski definition) is 5. The zero-order valence-electron chi connectivity index (χ0n) is 12.0. The second-order valence-electron chi connectivity index (χ2n) is 5.07. The summed E-state index contributed by atoms with van der Waals surface area (Å²) in [5.41, 5.74) is 0. The van der Waals surface area contributed by atoms with Crippen molar-refractivity contribution in [2.75, 3.05) is 32.8 Å². The fraction of sp³-hybridized carbons (Fsp3) is 0.692. The third-order valence-electron chi connectivity index (χ3n) is 3.62. The van der Waals surface area contributed by atoms with E-state index in [1.54, 1.807) is 6.92 Å². The number of imide groups is 1. The maximum Gasteiger partial charge on any atom is 0.325 e. The van der Waals surface area contributed by atoms with E-state index in [4.69, 9.17) is 4.74 Å². The van der Waals surface area contributed by atoms with Gasteiger partial charge in [0, 0.05) is 13.1 Å². The first-order chi connectivity index (χ1) is 10.0. The predicted octanol–water partition coefficient (Wildman–Crippen LogP) is -0.660. The van der Waals surface area contributed by atoms with Crippen molar-refractivity contribution in [2.24, 2.45) is 5.92 Å². The lowest BCUT2D eigenvalue weighted by Gasteiger charge is -2.32. The van der Waals surface area contributed by atoms with E-state index < -0.39 is 11.9 Å². The molecule has 0 unspecified atom stereocenters. The maximum absolute atomic E-state index is 12.2.